The zero-order chi connectivity index (χ0) is 22.0. The molecule has 11 heteroatoms. The predicted octanol–water partition coefficient (Wildman–Crippen LogP) is 1.71. The minimum absolute atomic E-state index is 0.0102. The van der Waals surface area contributed by atoms with Crippen LogP contribution < -0.4 is 10.3 Å². The van der Waals surface area contributed by atoms with Crippen LogP contribution in [0.25, 0.3) is 10.2 Å². The Bertz CT molecular complexity index is 1260. The molecule has 3 heterocycles. The van der Waals surface area contributed by atoms with Gasteiger partial charge in [-0.1, -0.05) is 6.07 Å². The van der Waals surface area contributed by atoms with E-state index in [2.05, 4.69) is 14.7 Å². The third-order valence-electron chi connectivity index (χ3n) is 5.01. The molecule has 9 nitrogen and oxygen atoms in total. The molecule has 1 saturated heterocycles. The van der Waals surface area contributed by atoms with Gasteiger partial charge >= 0.3 is 0 Å². The number of rotatable bonds is 7. The van der Waals surface area contributed by atoms with E-state index in [0.29, 0.717) is 22.6 Å². The van der Waals surface area contributed by atoms with Crippen LogP contribution in [-0.2, 0) is 21.3 Å². The zero-order valence-corrected chi connectivity index (χ0v) is 18.5. The van der Waals surface area contributed by atoms with Gasteiger partial charge in [-0.2, -0.15) is 0 Å². The number of nitrogens with zero attached hydrogens (tertiary/aromatic N) is 2. The number of amides is 1. The number of fused-ring (bicyclic) bond motifs is 1. The average Bonchev–Trinajstić information content (AvgIpc) is 3.44. The lowest BCUT2D eigenvalue weighted by molar-refractivity contribution is 0.0781. The average molecular weight is 463 g/mol. The van der Waals surface area contributed by atoms with Crippen molar-refractivity contribution in [2.45, 2.75) is 30.4 Å². The Kier molecular flexibility index (Phi) is 6.19. The number of aromatic nitrogens is 2. The predicted molar refractivity (Wildman–Crippen MR) is 117 cm³/mol. The number of carbonyl (C=O) groups excluding carboxylic acids is 1. The number of ether oxygens (including phenoxy) is 1. The minimum atomic E-state index is -3.77. The van der Waals surface area contributed by atoms with Crippen molar-refractivity contribution in [3.8, 4) is 0 Å². The summed E-state index contributed by atoms with van der Waals surface area (Å²) in [6, 6.07) is 7.61. The number of aromatic amines is 1. The summed E-state index contributed by atoms with van der Waals surface area (Å²) in [5.74, 6) is -0.0296. The van der Waals surface area contributed by atoms with Crippen LogP contribution in [-0.4, -0.2) is 55.5 Å². The first-order chi connectivity index (χ1) is 14.8. The highest BCUT2D eigenvalue weighted by atomic mass is 32.2. The smallest absolute Gasteiger partial charge is 0.268 e. The van der Waals surface area contributed by atoms with Crippen molar-refractivity contribution in [1.29, 1.82) is 0 Å². The first-order valence-corrected chi connectivity index (χ1v) is 12.1. The molecule has 3 aromatic rings. The van der Waals surface area contributed by atoms with Crippen molar-refractivity contribution in [3.05, 3.63) is 57.5 Å². The number of nitrogens with one attached hydrogen (secondary N) is 2. The van der Waals surface area contributed by atoms with Gasteiger partial charge in [-0.3, -0.25) is 9.59 Å². The van der Waals surface area contributed by atoms with Crippen LogP contribution in [0.3, 0.4) is 0 Å². The van der Waals surface area contributed by atoms with Crippen LogP contribution in [0, 0.1) is 0 Å². The molecule has 4 rings (SSSR count). The largest absolute Gasteiger partial charge is 0.377 e. The second kappa shape index (κ2) is 8.87. The summed E-state index contributed by atoms with van der Waals surface area (Å²) in [5.41, 5.74) is 0.553. The first-order valence-electron chi connectivity index (χ1n) is 9.77. The summed E-state index contributed by atoms with van der Waals surface area (Å²) in [7, 11) is -2.20. The Hall–Kier alpha value is -2.60. The van der Waals surface area contributed by atoms with Crippen LogP contribution in [0.4, 0.5) is 0 Å². The van der Waals surface area contributed by atoms with E-state index in [1.54, 1.807) is 24.6 Å². The molecule has 2 aromatic heterocycles. The van der Waals surface area contributed by atoms with Crippen molar-refractivity contribution in [3.63, 3.8) is 0 Å². The highest BCUT2D eigenvalue weighted by Crippen LogP contribution is 2.17. The van der Waals surface area contributed by atoms with Gasteiger partial charge in [0.1, 0.15) is 10.5 Å². The van der Waals surface area contributed by atoms with E-state index in [0.717, 1.165) is 12.8 Å². The van der Waals surface area contributed by atoms with Crippen LogP contribution in [0.1, 0.15) is 29.0 Å². The third kappa shape index (κ3) is 4.85. The van der Waals surface area contributed by atoms with Crippen LogP contribution in [0.15, 0.2) is 45.4 Å². The highest BCUT2D eigenvalue weighted by Gasteiger charge is 2.22. The van der Waals surface area contributed by atoms with Crippen LogP contribution in [0.5, 0.6) is 0 Å². The molecule has 1 unspecified atom stereocenters. The molecule has 164 valence electrons. The van der Waals surface area contributed by atoms with Crippen molar-refractivity contribution >= 4 is 37.5 Å². The summed E-state index contributed by atoms with van der Waals surface area (Å²) in [4.78, 5) is 33.4. The van der Waals surface area contributed by atoms with Crippen molar-refractivity contribution < 1.29 is 17.9 Å². The molecule has 1 aromatic carbocycles. The minimum Gasteiger partial charge on any atom is -0.377 e. The van der Waals surface area contributed by atoms with Gasteiger partial charge < -0.3 is 14.6 Å². The highest BCUT2D eigenvalue weighted by molar-refractivity contribution is 7.89. The summed E-state index contributed by atoms with van der Waals surface area (Å²) in [6.45, 7) is 0.917. The summed E-state index contributed by atoms with van der Waals surface area (Å²) >= 11 is 1.30. The lowest BCUT2D eigenvalue weighted by Crippen LogP contribution is -2.32. The fraction of sp³-hybridized carbons (Fsp3) is 0.350. The molecule has 1 fully saturated rings. The fourth-order valence-electron chi connectivity index (χ4n) is 3.40. The van der Waals surface area contributed by atoms with Crippen LogP contribution in [0.2, 0.25) is 0 Å². The fourth-order valence-corrected chi connectivity index (χ4v) is 5.24. The zero-order valence-electron chi connectivity index (χ0n) is 16.8. The van der Waals surface area contributed by atoms with Crippen molar-refractivity contribution in [1.82, 2.24) is 19.6 Å². The molecule has 1 aliphatic heterocycles. The molecule has 1 aliphatic rings. The van der Waals surface area contributed by atoms with E-state index in [1.807, 2.05) is 0 Å². The van der Waals surface area contributed by atoms with Gasteiger partial charge in [0, 0.05) is 25.8 Å². The molecular weight excluding hydrogens is 440 g/mol. The molecule has 31 heavy (non-hydrogen) atoms. The number of thiophene rings is 1. The lowest BCUT2D eigenvalue weighted by Gasteiger charge is -2.17. The first kappa shape index (κ1) is 21.6. The summed E-state index contributed by atoms with van der Waals surface area (Å²) in [6.07, 6.45) is 1.61. The quantitative estimate of drug-likeness (QED) is 0.551. The number of benzene rings is 1. The molecule has 0 saturated carbocycles. The van der Waals surface area contributed by atoms with E-state index < -0.39 is 10.0 Å². The Morgan fingerprint density at radius 1 is 1.39 bits per heavy atom. The maximum atomic E-state index is 12.9. The Morgan fingerprint density at radius 2 is 2.23 bits per heavy atom. The van der Waals surface area contributed by atoms with Gasteiger partial charge in [0.05, 0.1) is 23.1 Å². The molecule has 0 spiro atoms. The third-order valence-corrected chi connectivity index (χ3v) is 7.34. The van der Waals surface area contributed by atoms with Gasteiger partial charge in [-0.15, -0.1) is 11.3 Å². The van der Waals surface area contributed by atoms with Crippen molar-refractivity contribution in [2.24, 2.45) is 0 Å². The second-order valence-electron chi connectivity index (χ2n) is 7.32. The van der Waals surface area contributed by atoms with E-state index in [9.17, 15) is 18.0 Å². The summed E-state index contributed by atoms with van der Waals surface area (Å²) in [5, 5.41) is 1.78. The number of H-pyrrole nitrogens is 1. The standard InChI is InChI=1S/C20H22N4O5S2/c1-24(12-17-22-16-7-9-30-18(16)19(25)23-17)20(26)13-4-2-6-15(10-13)31(27,28)21-11-14-5-3-8-29-14/h2,4,6-7,9-10,14,21H,3,5,8,11-12H2,1H3,(H,22,23,25). The summed E-state index contributed by atoms with van der Waals surface area (Å²) < 4.78 is 33.8. The molecule has 0 radical (unpaired) electrons. The monoisotopic (exact) mass is 462 g/mol. The maximum Gasteiger partial charge on any atom is 0.268 e. The Balaban J connectivity index is 1.48. The number of hydrogen-bond donors (Lipinski definition) is 2. The molecule has 0 bridgehead atoms. The maximum absolute atomic E-state index is 12.9. The van der Waals surface area contributed by atoms with Gasteiger partial charge in [-0.25, -0.2) is 18.1 Å². The molecule has 0 aliphatic carbocycles. The van der Waals surface area contributed by atoms with E-state index in [1.165, 1.54) is 34.4 Å². The van der Waals surface area contributed by atoms with Gasteiger partial charge in [0.15, 0.2) is 0 Å². The Morgan fingerprint density at radius 3 is 3.00 bits per heavy atom. The normalized spacial score (nSPS) is 16.6. The molecule has 1 atom stereocenters. The Labute approximate surface area is 183 Å². The van der Waals surface area contributed by atoms with Gasteiger partial charge in [0.25, 0.3) is 11.5 Å². The van der Waals surface area contributed by atoms with E-state index >= 15 is 0 Å². The number of sulfonamides is 1. The molecule has 1 amide bonds. The number of hydrogen-bond acceptors (Lipinski definition) is 7. The van der Waals surface area contributed by atoms with E-state index in [-0.39, 0.29) is 41.1 Å². The number of carbonyl (C=O) groups is 1. The topological polar surface area (TPSA) is 121 Å². The molecular formula is C20H22N4O5S2. The van der Waals surface area contributed by atoms with Crippen molar-refractivity contribution in [2.75, 3.05) is 20.2 Å². The van der Waals surface area contributed by atoms with Crippen LogP contribution >= 0.6 is 11.3 Å². The SMILES string of the molecule is CN(Cc1nc2ccsc2c(=O)[nH]1)C(=O)c1cccc(S(=O)(=O)NCC2CCCO2)c1. The second-order valence-corrected chi connectivity index (χ2v) is 10.0. The lowest BCUT2D eigenvalue weighted by atomic mass is 10.2. The van der Waals surface area contributed by atoms with E-state index in [4.69, 9.17) is 4.74 Å². The van der Waals surface area contributed by atoms with Gasteiger partial charge in [-0.05, 0) is 42.5 Å². The molecule has 2 N–H and O–H groups in total. The van der Waals surface area contributed by atoms with Gasteiger partial charge in [0.2, 0.25) is 10.0 Å².